The predicted molar refractivity (Wildman–Crippen MR) is 83.5 cm³/mol. The van der Waals surface area contributed by atoms with Gasteiger partial charge in [0.15, 0.2) is 0 Å². The van der Waals surface area contributed by atoms with Crippen LogP contribution in [-0.4, -0.2) is 17.3 Å². The Labute approximate surface area is 133 Å². The van der Waals surface area contributed by atoms with Crippen LogP contribution in [0.4, 0.5) is 8.78 Å². The highest BCUT2D eigenvalue weighted by molar-refractivity contribution is 9.10. The molecule has 2 heterocycles. The molecule has 21 heavy (non-hydrogen) atoms. The number of aryl methyl sites for hydroxylation is 1. The molecule has 1 aromatic heterocycles. The summed E-state index contributed by atoms with van der Waals surface area (Å²) in [6.07, 6.45) is 0. The molecule has 0 amide bonds. The van der Waals surface area contributed by atoms with E-state index >= 15 is 0 Å². The number of nitrogens with zero attached hydrogens (tertiary/aromatic N) is 1. The Morgan fingerprint density at radius 3 is 2.57 bits per heavy atom. The maximum atomic E-state index is 14.2. The van der Waals surface area contributed by atoms with Gasteiger partial charge in [-0.1, -0.05) is 35.9 Å². The molecule has 0 fully saturated rings. The number of hydrogen-bond donors (Lipinski definition) is 0. The smallest absolute Gasteiger partial charge is 0.346 e. The van der Waals surface area contributed by atoms with Gasteiger partial charge in [0.05, 0.1) is 11.4 Å². The van der Waals surface area contributed by atoms with E-state index in [0.29, 0.717) is 5.56 Å². The Morgan fingerprint density at radius 2 is 2.00 bits per heavy atom. The van der Waals surface area contributed by atoms with Crippen LogP contribution in [0.25, 0.3) is 0 Å². The van der Waals surface area contributed by atoms with Gasteiger partial charge < -0.3 is 4.74 Å². The van der Waals surface area contributed by atoms with Crippen molar-refractivity contribution < 1.29 is 13.5 Å². The van der Waals surface area contributed by atoms with E-state index in [9.17, 15) is 8.78 Å². The maximum absolute atomic E-state index is 14.2. The fourth-order valence-corrected chi connectivity index (χ4v) is 3.33. The van der Waals surface area contributed by atoms with Crippen LogP contribution in [0.15, 0.2) is 46.8 Å². The summed E-state index contributed by atoms with van der Waals surface area (Å²) in [4.78, 5) is 1.72. The first kappa shape index (κ1) is 14.7. The molecule has 3 rings (SSSR count). The van der Waals surface area contributed by atoms with E-state index in [-0.39, 0.29) is 12.4 Å². The van der Waals surface area contributed by atoms with Gasteiger partial charge in [-0.15, -0.1) is 11.3 Å². The molecule has 6 heteroatoms. The van der Waals surface area contributed by atoms with Crippen molar-refractivity contribution >= 4 is 33.2 Å². The topological polar surface area (TPSA) is 21.6 Å². The molecule has 0 saturated carbocycles. The number of benzene rings is 1. The molecule has 0 aliphatic carbocycles. The van der Waals surface area contributed by atoms with Gasteiger partial charge in [0.2, 0.25) is 11.5 Å². The second-order valence-electron chi connectivity index (χ2n) is 4.89. The molecule has 0 radical (unpaired) electrons. The third-order valence-electron chi connectivity index (χ3n) is 3.42. The van der Waals surface area contributed by atoms with Crippen molar-refractivity contribution in [1.82, 2.24) is 0 Å². The van der Waals surface area contributed by atoms with E-state index in [2.05, 4.69) is 20.9 Å². The van der Waals surface area contributed by atoms with Crippen molar-refractivity contribution in [1.29, 1.82) is 0 Å². The first-order chi connectivity index (χ1) is 9.92. The number of rotatable bonds is 3. The summed E-state index contributed by atoms with van der Waals surface area (Å²) >= 11 is 3.89. The maximum Gasteiger partial charge on any atom is 0.346 e. The molecular weight excluding hydrogens is 360 g/mol. The minimum atomic E-state index is -3.22. The second kappa shape index (κ2) is 5.18. The number of thiophene rings is 1. The normalized spacial score (nSPS) is 22.0. The lowest BCUT2D eigenvalue weighted by molar-refractivity contribution is -0.0922. The molecule has 0 saturated heterocycles. The zero-order chi connectivity index (χ0) is 15.1. The summed E-state index contributed by atoms with van der Waals surface area (Å²) in [5.41, 5.74) is -0.394. The van der Waals surface area contributed by atoms with Gasteiger partial charge >= 0.3 is 4.83 Å². The van der Waals surface area contributed by atoms with E-state index in [1.165, 1.54) is 11.3 Å². The standard InChI is InChI=1S/C15H12BrF2NOS/c1-10-4-6-11(7-5-10)14(15(16,17)18)9-19-13(20-14)12-3-2-8-21-12/h2-8H,9H2,1H3/t14-/m0/s1. The molecule has 1 aliphatic heterocycles. The Bertz CT molecular complexity index is 664. The van der Waals surface area contributed by atoms with E-state index in [0.717, 1.165) is 10.4 Å². The molecule has 2 aromatic rings. The van der Waals surface area contributed by atoms with Gasteiger partial charge in [0, 0.05) is 5.56 Å². The molecule has 2 nitrogen and oxygen atoms in total. The van der Waals surface area contributed by atoms with Crippen LogP contribution in [0.5, 0.6) is 0 Å². The van der Waals surface area contributed by atoms with Gasteiger partial charge in [0.25, 0.3) is 0 Å². The number of hydrogen-bond acceptors (Lipinski definition) is 3. The lowest BCUT2D eigenvalue weighted by Gasteiger charge is -2.32. The number of alkyl halides is 3. The Hall–Kier alpha value is -1.27. The molecule has 0 spiro atoms. The predicted octanol–water partition coefficient (Wildman–Crippen LogP) is 4.72. The SMILES string of the molecule is Cc1ccc([C@]2(C(F)(F)Br)CN=C(c3cccs3)O2)cc1. The average Bonchev–Trinajstić information content (AvgIpc) is 3.08. The van der Waals surface area contributed by atoms with Crippen LogP contribution in [0.1, 0.15) is 16.0 Å². The second-order valence-corrected chi connectivity index (χ2v) is 6.84. The fourth-order valence-electron chi connectivity index (χ4n) is 2.23. The summed E-state index contributed by atoms with van der Waals surface area (Å²) in [6.45, 7) is 1.79. The zero-order valence-electron chi connectivity index (χ0n) is 11.1. The highest BCUT2D eigenvalue weighted by Gasteiger charge is 2.58. The number of aliphatic imine (C=N–C) groups is 1. The molecule has 1 aliphatic rings. The van der Waals surface area contributed by atoms with E-state index in [1.54, 1.807) is 30.3 Å². The fraction of sp³-hybridized carbons (Fsp3) is 0.267. The van der Waals surface area contributed by atoms with Crippen LogP contribution in [-0.2, 0) is 10.3 Å². The summed E-state index contributed by atoms with van der Waals surface area (Å²) in [5, 5.41) is 1.86. The number of ether oxygens (including phenoxy) is 1. The molecule has 1 atom stereocenters. The first-order valence-electron chi connectivity index (χ1n) is 6.34. The zero-order valence-corrected chi connectivity index (χ0v) is 13.5. The summed E-state index contributed by atoms with van der Waals surface area (Å²) < 4.78 is 34.1. The molecule has 0 unspecified atom stereocenters. The van der Waals surface area contributed by atoms with E-state index < -0.39 is 10.4 Å². The quantitative estimate of drug-likeness (QED) is 0.715. The Kier molecular flexibility index (Phi) is 3.61. The molecule has 110 valence electrons. The van der Waals surface area contributed by atoms with Crippen LogP contribution in [0.3, 0.4) is 0 Å². The van der Waals surface area contributed by atoms with Crippen molar-refractivity contribution in [2.75, 3.05) is 6.54 Å². The Balaban J connectivity index is 2.00. The van der Waals surface area contributed by atoms with Gasteiger partial charge in [-0.05, 0) is 34.3 Å². The highest BCUT2D eigenvalue weighted by atomic mass is 79.9. The van der Waals surface area contributed by atoms with E-state index in [1.807, 2.05) is 18.4 Å². The molecular formula is C15H12BrF2NOS. The largest absolute Gasteiger partial charge is 0.456 e. The Morgan fingerprint density at radius 1 is 1.29 bits per heavy atom. The van der Waals surface area contributed by atoms with Crippen molar-refractivity contribution in [3.8, 4) is 0 Å². The van der Waals surface area contributed by atoms with Crippen molar-refractivity contribution in [2.24, 2.45) is 4.99 Å². The third-order valence-corrected chi connectivity index (χ3v) is 4.92. The van der Waals surface area contributed by atoms with Crippen LogP contribution in [0.2, 0.25) is 0 Å². The molecule has 0 N–H and O–H groups in total. The minimum absolute atomic E-state index is 0.123. The summed E-state index contributed by atoms with van der Waals surface area (Å²) in [7, 11) is 0. The minimum Gasteiger partial charge on any atom is -0.456 e. The highest BCUT2D eigenvalue weighted by Crippen LogP contribution is 2.48. The molecule has 1 aromatic carbocycles. The van der Waals surface area contributed by atoms with Crippen LogP contribution >= 0.6 is 27.3 Å². The molecule has 0 bridgehead atoms. The summed E-state index contributed by atoms with van der Waals surface area (Å²) in [6, 6.07) is 10.6. The lowest BCUT2D eigenvalue weighted by atomic mass is 9.93. The third kappa shape index (κ3) is 2.51. The van der Waals surface area contributed by atoms with Crippen molar-refractivity contribution in [3.05, 3.63) is 57.8 Å². The van der Waals surface area contributed by atoms with Gasteiger partial charge in [-0.3, -0.25) is 0 Å². The number of halogens is 3. The van der Waals surface area contributed by atoms with Gasteiger partial charge in [-0.2, -0.15) is 8.78 Å². The monoisotopic (exact) mass is 371 g/mol. The van der Waals surface area contributed by atoms with E-state index in [4.69, 9.17) is 4.74 Å². The van der Waals surface area contributed by atoms with Crippen molar-refractivity contribution in [3.63, 3.8) is 0 Å². The van der Waals surface area contributed by atoms with Crippen molar-refractivity contribution in [2.45, 2.75) is 17.4 Å². The van der Waals surface area contributed by atoms with Crippen LogP contribution in [0, 0.1) is 6.92 Å². The average molecular weight is 372 g/mol. The van der Waals surface area contributed by atoms with Gasteiger partial charge in [0.1, 0.15) is 0 Å². The first-order valence-corrected chi connectivity index (χ1v) is 8.01. The lowest BCUT2D eigenvalue weighted by Crippen LogP contribution is -2.44. The van der Waals surface area contributed by atoms with Gasteiger partial charge in [-0.25, -0.2) is 4.99 Å². The van der Waals surface area contributed by atoms with Crippen LogP contribution < -0.4 is 0 Å². The summed E-state index contributed by atoms with van der Waals surface area (Å²) in [5.74, 6) is 0.268.